The Balaban J connectivity index is 1.54. The van der Waals surface area contributed by atoms with E-state index >= 15 is 0 Å². The molecule has 0 spiro atoms. The van der Waals surface area contributed by atoms with Crippen LogP contribution in [0.5, 0.6) is 5.75 Å². The molecule has 0 aliphatic heterocycles. The molecule has 1 aliphatic rings. The van der Waals surface area contributed by atoms with Crippen LogP contribution in [-0.2, 0) is 4.79 Å². The maximum absolute atomic E-state index is 12.8. The van der Waals surface area contributed by atoms with Crippen molar-refractivity contribution in [2.24, 2.45) is 0 Å². The van der Waals surface area contributed by atoms with Crippen molar-refractivity contribution in [3.05, 3.63) is 93.2 Å². The molecule has 31 heavy (non-hydrogen) atoms. The quantitative estimate of drug-likeness (QED) is 0.390. The molecule has 3 aromatic rings. The van der Waals surface area contributed by atoms with Gasteiger partial charge in [-0.1, -0.05) is 24.3 Å². The van der Waals surface area contributed by atoms with E-state index in [9.17, 15) is 24.5 Å². The third-order valence-electron chi connectivity index (χ3n) is 4.79. The second-order valence-corrected chi connectivity index (χ2v) is 6.80. The fourth-order valence-electron chi connectivity index (χ4n) is 3.28. The minimum Gasteiger partial charge on any atom is -0.473 e. The van der Waals surface area contributed by atoms with E-state index in [1.165, 1.54) is 43.5 Å². The zero-order valence-corrected chi connectivity index (χ0v) is 16.2. The van der Waals surface area contributed by atoms with E-state index in [-0.39, 0.29) is 28.4 Å². The van der Waals surface area contributed by atoms with E-state index in [0.717, 1.165) is 0 Å². The molecule has 0 unspecified atom stereocenters. The van der Waals surface area contributed by atoms with E-state index in [0.29, 0.717) is 16.8 Å². The number of carbonyl (C=O) groups is 3. The van der Waals surface area contributed by atoms with Gasteiger partial charge in [-0.05, 0) is 47.2 Å². The van der Waals surface area contributed by atoms with Crippen molar-refractivity contribution < 1.29 is 24.0 Å². The Labute approximate surface area is 175 Å². The highest BCUT2D eigenvalue weighted by Gasteiger charge is 2.30. The van der Waals surface area contributed by atoms with Crippen LogP contribution in [-0.4, -0.2) is 33.5 Å². The summed E-state index contributed by atoms with van der Waals surface area (Å²) < 4.78 is 5.40. The lowest BCUT2D eigenvalue weighted by molar-refractivity contribution is -0.390. The number of rotatable bonds is 5. The molecule has 0 radical (unpaired) electrons. The van der Waals surface area contributed by atoms with Crippen LogP contribution in [0, 0.1) is 10.1 Å². The number of ketones is 2. The van der Waals surface area contributed by atoms with Gasteiger partial charge in [-0.2, -0.15) is 0 Å². The minimum absolute atomic E-state index is 0.141. The minimum atomic E-state index is -1.09. The summed E-state index contributed by atoms with van der Waals surface area (Å²) in [5.41, 5.74) is 1.40. The normalized spacial score (nSPS) is 13.1. The zero-order valence-electron chi connectivity index (χ0n) is 16.2. The number of anilines is 1. The number of amides is 1. The fourth-order valence-corrected chi connectivity index (χ4v) is 3.28. The standard InChI is InChI=1S/C22H15N3O6/c1-12(31-18-7-4-10-23-21(18)25(29)30)22(28)24-13-8-9-16-17(11-13)20(27)15-6-3-2-5-14(15)19(16)26/h2-12H,1H3,(H,24,28)/t12-/m0/s1. The van der Waals surface area contributed by atoms with Gasteiger partial charge >= 0.3 is 5.82 Å². The number of hydrogen-bond donors (Lipinski definition) is 1. The molecule has 1 N–H and O–H groups in total. The van der Waals surface area contributed by atoms with Crippen LogP contribution in [0.25, 0.3) is 0 Å². The third-order valence-corrected chi connectivity index (χ3v) is 4.79. The van der Waals surface area contributed by atoms with Gasteiger partial charge in [-0.25, -0.2) is 0 Å². The largest absolute Gasteiger partial charge is 0.473 e. The number of nitro groups is 1. The molecule has 1 aliphatic carbocycles. The van der Waals surface area contributed by atoms with E-state index < -0.39 is 22.8 Å². The summed E-state index contributed by atoms with van der Waals surface area (Å²) in [7, 11) is 0. The molecule has 1 atom stereocenters. The summed E-state index contributed by atoms with van der Waals surface area (Å²) in [6, 6.07) is 13.8. The highest BCUT2D eigenvalue weighted by molar-refractivity contribution is 6.28. The number of fused-ring (bicyclic) bond motifs is 2. The van der Waals surface area contributed by atoms with E-state index in [4.69, 9.17) is 4.74 Å². The third kappa shape index (κ3) is 3.64. The van der Waals surface area contributed by atoms with Crippen LogP contribution in [0.15, 0.2) is 60.8 Å². The van der Waals surface area contributed by atoms with E-state index in [1.54, 1.807) is 24.3 Å². The molecule has 0 saturated heterocycles. The van der Waals surface area contributed by atoms with Crippen LogP contribution < -0.4 is 10.1 Å². The lowest BCUT2D eigenvalue weighted by Crippen LogP contribution is -2.30. The van der Waals surface area contributed by atoms with Crippen molar-refractivity contribution >= 4 is 29.0 Å². The van der Waals surface area contributed by atoms with Crippen LogP contribution in [0.4, 0.5) is 11.5 Å². The Morgan fingerprint density at radius 1 is 1.00 bits per heavy atom. The Bertz CT molecular complexity index is 1250. The molecule has 2 aromatic carbocycles. The number of ether oxygens (including phenoxy) is 1. The summed E-state index contributed by atoms with van der Waals surface area (Å²) in [5, 5.41) is 13.7. The summed E-state index contributed by atoms with van der Waals surface area (Å²) >= 11 is 0. The van der Waals surface area contributed by atoms with Crippen LogP contribution >= 0.6 is 0 Å². The lowest BCUT2D eigenvalue weighted by atomic mass is 9.84. The van der Waals surface area contributed by atoms with Crippen molar-refractivity contribution in [3.63, 3.8) is 0 Å². The van der Waals surface area contributed by atoms with Gasteiger partial charge in [0.2, 0.25) is 5.75 Å². The molecular weight excluding hydrogens is 402 g/mol. The summed E-state index contributed by atoms with van der Waals surface area (Å²) in [6.07, 6.45) is 0.163. The Morgan fingerprint density at radius 2 is 1.65 bits per heavy atom. The molecular formula is C22H15N3O6. The molecule has 0 saturated carbocycles. The predicted molar refractivity (Wildman–Crippen MR) is 109 cm³/mol. The molecule has 1 heterocycles. The lowest BCUT2D eigenvalue weighted by Gasteiger charge is -2.19. The maximum atomic E-state index is 12.8. The first-order valence-corrected chi connectivity index (χ1v) is 9.26. The molecule has 154 valence electrons. The van der Waals surface area contributed by atoms with Gasteiger partial charge in [-0.15, -0.1) is 0 Å². The van der Waals surface area contributed by atoms with Gasteiger partial charge in [0, 0.05) is 27.9 Å². The van der Waals surface area contributed by atoms with E-state index in [2.05, 4.69) is 10.3 Å². The molecule has 9 nitrogen and oxygen atoms in total. The molecule has 1 amide bonds. The Morgan fingerprint density at radius 3 is 2.32 bits per heavy atom. The number of aromatic nitrogens is 1. The first-order chi connectivity index (χ1) is 14.9. The van der Waals surface area contributed by atoms with Crippen molar-refractivity contribution in [2.45, 2.75) is 13.0 Å². The number of hydrogen-bond acceptors (Lipinski definition) is 7. The summed E-state index contributed by atoms with van der Waals surface area (Å²) in [5.74, 6) is -1.80. The average molecular weight is 417 g/mol. The monoisotopic (exact) mass is 417 g/mol. The van der Waals surface area contributed by atoms with Crippen LogP contribution in [0.1, 0.15) is 38.8 Å². The van der Waals surface area contributed by atoms with Crippen molar-refractivity contribution in [2.75, 3.05) is 5.32 Å². The highest BCUT2D eigenvalue weighted by atomic mass is 16.6. The van der Waals surface area contributed by atoms with Crippen molar-refractivity contribution in [1.82, 2.24) is 4.98 Å². The van der Waals surface area contributed by atoms with E-state index in [1.807, 2.05) is 0 Å². The smallest absolute Gasteiger partial charge is 0.406 e. The van der Waals surface area contributed by atoms with Crippen molar-refractivity contribution in [3.8, 4) is 5.75 Å². The van der Waals surface area contributed by atoms with Crippen molar-refractivity contribution in [1.29, 1.82) is 0 Å². The fraction of sp³-hybridized carbons (Fsp3) is 0.0909. The number of nitrogens with one attached hydrogen (secondary N) is 1. The Kier molecular flexibility index (Phi) is 5.00. The predicted octanol–water partition coefficient (Wildman–Crippen LogP) is 3.17. The first kappa shape index (κ1) is 19.9. The SMILES string of the molecule is C[C@H](Oc1cccnc1[N+](=O)[O-])C(=O)Nc1ccc2c(c1)C(=O)c1ccccc1C2=O. The number of pyridine rings is 1. The van der Waals surface area contributed by atoms with Gasteiger partial charge in [-0.3, -0.25) is 14.4 Å². The highest BCUT2D eigenvalue weighted by Crippen LogP contribution is 2.29. The number of benzene rings is 2. The van der Waals surface area contributed by atoms with Gasteiger partial charge in [0.25, 0.3) is 5.91 Å². The molecule has 4 rings (SSSR count). The molecule has 9 heteroatoms. The zero-order chi connectivity index (χ0) is 22.1. The topological polar surface area (TPSA) is 128 Å². The average Bonchev–Trinajstić information content (AvgIpc) is 2.77. The van der Waals surface area contributed by atoms with Crippen LogP contribution in [0.3, 0.4) is 0 Å². The molecule has 0 fully saturated rings. The second-order valence-electron chi connectivity index (χ2n) is 6.80. The van der Waals surface area contributed by atoms with Gasteiger partial charge in [0.05, 0.1) is 0 Å². The first-order valence-electron chi connectivity index (χ1n) is 9.26. The Hall–Kier alpha value is -4.40. The number of nitrogens with zero attached hydrogens (tertiary/aromatic N) is 2. The number of carbonyl (C=O) groups excluding carboxylic acids is 3. The van der Waals surface area contributed by atoms with Gasteiger partial charge in [0.1, 0.15) is 6.20 Å². The molecule has 0 bridgehead atoms. The molecule has 1 aromatic heterocycles. The van der Waals surface area contributed by atoms with Gasteiger partial charge in [0.15, 0.2) is 17.7 Å². The summed E-state index contributed by atoms with van der Waals surface area (Å²) in [6.45, 7) is 1.43. The maximum Gasteiger partial charge on any atom is 0.406 e. The van der Waals surface area contributed by atoms with Crippen LogP contribution in [0.2, 0.25) is 0 Å². The second kappa shape index (κ2) is 7.79. The van der Waals surface area contributed by atoms with Gasteiger partial charge < -0.3 is 20.2 Å². The summed E-state index contributed by atoms with van der Waals surface area (Å²) in [4.78, 5) is 52.0.